The minimum atomic E-state index is -1.01. The van der Waals surface area contributed by atoms with E-state index in [1.165, 1.54) is 6.07 Å². The monoisotopic (exact) mass is 265 g/mol. The smallest absolute Gasteiger partial charge is 0.276 e. The summed E-state index contributed by atoms with van der Waals surface area (Å²) < 4.78 is 25.7. The summed E-state index contributed by atoms with van der Waals surface area (Å²) in [4.78, 5) is 11.8. The van der Waals surface area contributed by atoms with Crippen LogP contribution in [0.5, 0.6) is 0 Å². The fourth-order valence-corrected chi connectivity index (χ4v) is 1.52. The predicted molar refractivity (Wildman–Crippen MR) is 67.0 cm³/mol. The number of carbonyl (C=O) groups excluding carboxylic acids is 1. The largest absolute Gasteiger partial charge is 0.320 e. The number of nitrogens with one attached hydrogen (secondary N) is 2. The van der Waals surface area contributed by atoms with E-state index >= 15 is 0 Å². The average Bonchev–Trinajstić information content (AvgIpc) is 2.83. The van der Waals surface area contributed by atoms with Crippen molar-refractivity contribution in [3.63, 3.8) is 0 Å². The second kappa shape index (κ2) is 5.17. The molecule has 100 valence electrons. The maximum Gasteiger partial charge on any atom is 0.276 e. The molecule has 0 radical (unpaired) electrons. The van der Waals surface area contributed by atoms with Gasteiger partial charge in [-0.25, -0.2) is 8.78 Å². The molecular formula is C13H13F2N3O. The molecule has 6 heteroatoms. The van der Waals surface area contributed by atoms with Crippen molar-refractivity contribution in [2.45, 2.75) is 19.8 Å². The van der Waals surface area contributed by atoms with Gasteiger partial charge < -0.3 is 5.32 Å². The molecule has 0 aliphatic rings. The summed E-state index contributed by atoms with van der Waals surface area (Å²) in [6.45, 7) is 3.93. The molecule has 0 spiro atoms. The maximum atomic E-state index is 13.0. The summed E-state index contributed by atoms with van der Waals surface area (Å²) in [5, 5.41) is 9.07. The van der Waals surface area contributed by atoms with E-state index in [2.05, 4.69) is 15.5 Å². The average molecular weight is 265 g/mol. The number of H-pyrrole nitrogens is 1. The van der Waals surface area contributed by atoms with Gasteiger partial charge in [-0.2, -0.15) is 5.10 Å². The molecule has 1 aromatic carbocycles. The Bertz CT molecular complexity index is 608. The van der Waals surface area contributed by atoms with E-state index in [4.69, 9.17) is 0 Å². The highest BCUT2D eigenvalue weighted by atomic mass is 19.2. The fraction of sp³-hybridized carbons (Fsp3) is 0.231. The van der Waals surface area contributed by atoms with Crippen molar-refractivity contribution < 1.29 is 13.6 Å². The molecule has 2 aromatic rings. The zero-order valence-electron chi connectivity index (χ0n) is 10.5. The standard InChI is InChI=1S/C13H13F2N3O/c1-7(2)11-6-12(18-17-11)13(19)16-8-3-4-9(14)10(15)5-8/h3-7H,1-2H3,(H,16,19)(H,17,18). The second-order valence-corrected chi connectivity index (χ2v) is 4.45. The van der Waals surface area contributed by atoms with E-state index in [1.807, 2.05) is 13.8 Å². The van der Waals surface area contributed by atoms with Gasteiger partial charge in [-0.05, 0) is 24.1 Å². The van der Waals surface area contributed by atoms with Crippen molar-refractivity contribution in [3.8, 4) is 0 Å². The Hall–Kier alpha value is -2.24. The van der Waals surface area contributed by atoms with E-state index in [9.17, 15) is 13.6 Å². The minimum Gasteiger partial charge on any atom is -0.320 e. The highest BCUT2D eigenvalue weighted by Gasteiger charge is 2.13. The molecule has 0 aliphatic carbocycles. The van der Waals surface area contributed by atoms with Crippen LogP contribution in [-0.2, 0) is 0 Å². The molecule has 0 saturated carbocycles. The van der Waals surface area contributed by atoms with Gasteiger partial charge >= 0.3 is 0 Å². The third kappa shape index (κ3) is 2.96. The van der Waals surface area contributed by atoms with Crippen LogP contribution in [0.3, 0.4) is 0 Å². The number of anilines is 1. The van der Waals surface area contributed by atoms with Crippen LogP contribution >= 0.6 is 0 Å². The third-order valence-corrected chi connectivity index (χ3v) is 2.63. The van der Waals surface area contributed by atoms with E-state index in [1.54, 1.807) is 6.07 Å². The van der Waals surface area contributed by atoms with Gasteiger partial charge in [-0.15, -0.1) is 0 Å². The number of amides is 1. The summed E-state index contributed by atoms with van der Waals surface area (Å²) >= 11 is 0. The van der Waals surface area contributed by atoms with Crippen LogP contribution < -0.4 is 5.32 Å². The highest BCUT2D eigenvalue weighted by molar-refractivity contribution is 6.02. The van der Waals surface area contributed by atoms with Gasteiger partial charge in [-0.1, -0.05) is 13.8 Å². The van der Waals surface area contributed by atoms with Crippen molar-refractivity contribution in [3.05, 3.63) is 47.3 Å². The Morgan fingerprint density at radius 2 is 2.00 bits per heavy atom. The summed E-state index contributed by atoms with van der Waals surface area (Å²) in [7, 11) is 0. The molecule has 1 heterocycles. The summed E-state index contributed by atoms with van der Waals surface area (Å²) in [6.07, 6.45) is 0. The van der Waals surface area contributed by atoms with Crippen molar-refractivity contribution >= 4 is 11.6 Å². The zero-order chi connectivity index (χ0) is 14.0. The first-order valence-electron chi connectivity index (χ1n) is 5.79. The topological polar surface area (TPSA) is 57.8 Å². The van der Waals surface area contributed by atoms with E-state index in [0.717, 1.165) is 17.8 Å². The number of hydrogen-bond donors (Lipinski definition) is 2. The molecule has 0 fully saturated rings. The maximum absolute atomic E-state index is 13.0. The predicted octanol–water partition coefficient (Wildman–Crippen LogP) is 3.06. The Kier molecular flexibility index (Phi) is 3.59. The van der Waals surface area contributed by atoms with Gasteiger partial charge in [0.2, 0.25) is 0 Å². The number of halogens is 2. The molecule has 0 bridgehead atoms. The first kappa shape index (κ1) is 13.2. The number of hydrogen-bond acceptors (Lipinski definition) is 2. The Morgan fingerprint density at radius 3 is 2.58 bits per heavy atom. The molecule has 4 nitrogen and oxygen atoms in total. The Labute approximate surface area is 108 Å². The van der Waals surface area contributed by atoms with Crippen LogP contribution in [-0.4, -0.2) is 16.1 Å². The van der Waals surface area contributed by atoms with Crippen LogP contribution in [0.1, 0.15) is 35.9 Å². The molecule has 2 rings (SSSR count). The van der Waals surface area contributed by atoms with Crippen molar-refractivity contribution in [2.24, 2.45) is 0 Å². The van der Waals surface area contributed by atoms with Gasteiger partial charge in [0.1, 0.15) is 0 Å². The van der Waals surface area contributed by atoms with Crippen molar-refractivity contribution in [2.75, 3.05) is 5.32 Å². The number of aromatic nitrogens is 2. The van der Waals surface area contributed by atoms with Crippen LogP contribution in [0.4, 0.5) is 14.5 Å². The lowest BCUT2D eigenvalue weighted by Crippen LogP contribution is -2.12. The summed E-state index contributed by atoms with van der Waals surface area (Å²) in [5.74, 6) is -2.23. The molecule has 1 amide bonds. The first-order valence-corrected chi connectivity index (χ1v) is 5.79. The number of benzene rings is 1. The molecule has 0 aliphatic heterocycles. The van der Waals surface area contributed by atoms with E-state index in [0.29, 0.717) is 0 Å². The second-order valence-electron chi connectivity index (χ2n) is 4.45. The Balaban J connectivity index is 2.13. The van der Waals surface area contributed by atoms with Crippen LogP contribution in [0.25, 0.3) is 0 Å². The van der Waals surface area contributed by atoms with Gasteiger partial charge in [0, 0.05) is 17.4 Å². The summed E-state index contributed by atoms with van der Waals surface area (Å²) in [6, 6.07) is 4.78. The summed E-state index contributed by atoms with van der Waals surface area (Å²) in [5.41, 5.74) is 1.21. The van der Waals surface area contributed by atoms with Gasteiger partial charge in [0.25, 0.3) is 5.91 Å². The number of nitrogens with zero attached hydrogens (tertiary/aromatic N) is 1. The molecule has 1 aromatic heterocycles. The lowest BCUT2D eigenvalue weighted by molar-refractivity contribution is 0.102. The van der Waals surface area contributed by atoms with Crippen LogP contribution in [0, 0.1) is 11.6 Å². The van der Waals surface area contributed by atoms with E-state index in [-0.39, 0.29) is 17.3 Å². The van der Waals surface area contributed by atoms with Crippen molar-refractivity contribution in [1.82, 2.24) is 10.2 Å². The number of carbonyl (C=O) groups is 1. The number of rotatable bonds is 3. The highest BCUT2D eigenvalue weighted by Crippen LogP contribution is 2.15. The molecule has 19 heavy (non-hydrogen) atoms. The normalized spacial score (nSPS) is 10.8. The molecular weight excluding hydrogens is 252 g/mol. The molecule has 0 saturated heterocycles. The van der Waals surface area contributed by atoms with E-state index < -0.39 is 17.5 Å². The molecule has 0 atom stereocenters. The lowest BCUT2D eigenvalue weighted by atomic mass is 10.1. The zero-order valence-corrected chi connectivity index (χ0v) is 10.5. The van der Waals surface area contributed by atoms with Crippen LogP contribution in [0.2, 0.25) is 0 Å². The van der Waals surface area contributed by atoms with Gasteiger partial charge in [-0.3, -0.25) is 9.89 Å². The molecule has 0 unspecified atom stereocenters. The SMILES string of the molecule is CC(C)c1cc(C(=O)Nc2ccc(F)c(F)c2)n[nH]1. The van der Waals surface area contributed by atoms with Gasteiger partial charge in [0.05, 0.1) is 0 Å². The van der Waals surface area contributed by atoms with Crippen molar-refractivity contribution in [1.29, 1.82) is 0 Å². The lowest BCUT2D eigenvalue weighted by Gasteiger charge is -2.03. The minimum absolute atomic E-state index is 0.179. The van der Waals surface area contributed by atoms with Gasteiger partial charge in [0.15, 0.2) is 17.3 Å². The quantitative estimate of drug-likeness (QED) is 0.896. The van der Waals surface area contributed by atoms with Crippen LogP contribution in [0.15, 0.2) is 24.3 Å². The third-order valence-electron chi connectivity index (χ3n) is 2.63. The fourth-order valence-electron chi connectivity index (χ4n) is 1.52. The number of aromatic amines is 1. The first-order chi connectivity index (χ1) is 8.97. The Morgan fingerprint density at radius 1 is 1.26 bits per heavy atom. The molecule has 2 N–H and O–H groups in total.